The van der Waals surface area contributed by atoms with Crippen molar-refractivity contribution in [2.24, 2.45) is 0 Å². The molecule has 0 aliphatic heterocycles. The molecule has 0 aromatic heterocycles. The molecule has 0 radical (unpaired) electrons. The molecule has 2 amide bonds. The van der Waals surface area contributed by atoms with Crippen LogP contribution < -0.4 is 0 Å². The Labute approximate surface area is 71.2 Å². The Balaban J connectivity index is 4.21. The fraction of sp³-hybridized carbons (Fsp3) is 0.714. The number of rotatable bonds is 2. The first-order valence-corrected chi connectivity index (χ1v) is 3.60. The molecule has 0 rings (SSSR count). The summed E-state index contributed by atoms with van der Waals surface area (Å²) >= 11 is 0. The van der Waals surface area contributed by atoms with Crippen LogP contribution in [0.5, 0.6) is 0 Å². The molecule has 0 saturated heterocycles. The average Bonchev–Trinajstić information content (AvgIpc) is 2.11. The summed E-state index contributed by atoms with van der Waals surface area (Å²) in [7, 11) is 2.43. The molecule has 0 spiro atoms. The van der Waals surface area contributed by atoms with Crippen LogP contribution >= 0.6 is 0 Å². The smallest absolute Gasteiger partial charge is 0.419 e. The first-order chi connectivity index (χ1) is 5.67. The van der Waals surface area contributed by atoms with Crippen molar-refractivity contribution in [2.45, 2.75) is 13.3 Å². The molecular formula is C7H13NO4. The summed E-state index contributed by atoms with van der Waals surface area (Å²) in [6, 6.07) is 0. The fourth-order valence-corrected chi connectivity index (χ4v) is 0.701. The van der Waals surface area contributed by atoms with Gasteiger partial charge in [0, 0.05) is 6.54 Å². The number of hydrogen-bond acceptors (Lipinski definition) is 4. The van der Waals surface area contributed by atoms with Crippen molar-refractivity contribution in [1.82, 2.24) is 4.90 Å². The Morgan fingerprint density at radius 1 is 1.17 bits per heavy atom. The van der Waals surface area contributed by atoms with Gasteiger partial charge in [-0.1, -0.05) is 6.92 Å². The van der Waals surface area contributed by atoms with E-state index in [1.165, 1.54) is 14.2 Å². The SMILES string of the molecule is CCCN(C(=O)OC)C(=O)OC. The summed E-state index contributed by atoms with van der Waals surface area (Å²) in [6.07, 6.45) is -0.711. The number of nitrogens with zero attached hydrogens (tertiary/aromatic N) is 1. The zero-order valence-corrected chi connectivity index (χ0v) is 7.49. The number of imide groups is 1. The van der Waals surface area contributed by atoms with E-state index in [0.29, 0.717) is 13.0 Å². The third-order valence-corrected chi connectivity index (χ3v) is 1.24. The Hall–Kier alpha value is -1.26. The quantitative estimate of drug-likeness (QED) is 0.633. The lowest BCUT2D eigenvalue weighted by Gasteiger charge is -2.16. The highest BCUT2D eigenvalue weighted by Gasteiger charge is 2.21. The Morgan fingerprint density at radius 2 is 1.58 bits per heavy atom. The number of hydrogen-bond donors (Lipinski definition) is 0. The lowest BCUT2D eigenvalue weighted by atomic mass is 10.4. The van der Waals surface area contributed by atoms with E-state index in [0.717, 1.165) is 4.90 Å². The predicted molar refractivity (Wildman–Crippen MR) is 41.8 cm³/mol. The summed E-state index contributed by atoms with van der Waals surface area (Å²) < 4.78 is 8.75. The van der Waals surface area contributed by atoms with Crippen LogP contribution in [0.1, 0.15) is 13.3 Å². The van der Waals surface area contributed by atoms with Crippen LogP contribution in [0.4, 0.5) is 9.59 Å². The highest BCUT2D eigenvalue weighted by molar-refractivity contribution is 5.87. The average molecular weight is 175 g/mol. The molecule has 0 fully saturated rings. The largest absolute Gasteiger partial charge is 0.452 e. The first-order valence-electron chi connectivity index (χ1n) is 3.60. The number of carbonyl (C=O) groups excluding carboxylic acids is 2. The van der Waals surface area contributed by atoms with Gasteiger partial charge < -0.3 is 9.47 Å². The van der Waals surface area contributed by atoms with Gasteiger partial charge in [-0.3, -0.25) is 0 Å². The summed E-state index contributed by atoms with van der Waals surface area (Å²) in [5.41, 5.74) is 0. The van der Waals surface area contributed by atoms with Crippen molar-refractivity contribution in [3.63, 3.8) is 0 Å². The molecule has 0 N–H and O–H groups in total. The van der Waals surface area contributed by atoms with E-state index in [1.54, 1.807) is 0 Å². The van der Waals surface area contributed by atoms with Gasteiger partial charge >= 0.3 is 12.2 Å². The maximum absolute atomic E-state index is 10.9. The van der Waals surface area contributed by atoms with Gasteiger partial charge in [-0.15, -0.1) is 0 Å². The lowest BCUT2D eigenvalue weighted by molar-refractivity contribution is 0.0985. The molecule has 0 unspecified atom stereocenters. The highest BCUT2D eigenvalue weighted by atomic mass is 16.6. The molecule has 5 nitrogen and oxygen atoms in total. The molecule has 70 valence electrons. The minimum Gasteiger partial charge on any atom is -0.452 e. The van der Waals surface area contributed by atoms with Crippen LogP contribution in [0, 0.1) is 0 Å². The zero-order valence-electron chi connectivity index (χ0n) is 7.49. The minimum absolute atomic E-state index is 0.305. The molecule has 5 heteroatoms. The molecule has 12 heavy (non-hydrogen) atoms. The van der Waals surface area contributed by atoms with Crippen LogP contribution in [-0.4, -0.2) is 37.9 Å². The Morgan fingerprint density at radius 3 is 1.83 bits per heavy atom. The Kier molecular flexibility index (Phi) is 4.83. The molecule has 0 heterocycles. The predicted octanol–water partition coefficient (Wildman–Crippen LogP) is 1.23. The lowest BCUT2D eigenvalue weighted by Crippen LogP contribution is -2.37. The highest BCUT2D eigenvalue weighted by Crippen LogP contribution is 1.98. The van der Waals surface area contributed by atoms with Gasteiger partial charge in [0.15, 0.2) is 0 Å². The van der Waals surface area contributed by atoms with Crippen molar-refractivity contribution in [3.8, 4) is 0 Å². The topological polar surface area (TPSA) is 55.8 Å². The van der Waals surface area contributed by atoms with Crippen LogP contribution in [0.25, 0.3) is 0 Å². The van der Waals surface area contributed by atoms with Gasteiger partial charge in [-0.05, 0) is 6.42 Å². The Bertz CT molecular complexity index is 153. The van der Waals surface area contributed by atoms with Gasteiger partial charge in [0.1, 0.15) is 0 Å². The molecular weight excluding hydrogens is 162 g/mol. The summed E-state index contributed by atoms with van der Waals surface area (Å²) in [4.78, 5) is 22.7. The molecule has 0 saturated carbocycles. The molecule has 0 aliphatic rings. The van der Waals surface area contributed by atoms with E-state index in [4.69, 9.17) is 0 Å². The summed E-state index contributed by atoms with van der Waals surface area (Å²) in [6.45, 7) is 2.15. The van der Waals surface area contributed by atoms with Gasteiger partial charge in [-0.2, -0.15) is 0 Å². The van der Waals surface area contributed by atoms with Crippen molar-refractivity contribution < 1.29 is 19.1 Å². The van der Waals surface area contributed by atoms with Crippen molar-refractivity contribution in [2.75, 3.05) is 20.8 Å². The van der Waals surface area contributed by atoms with E-state index in [9.17, 15) is 9.59 Å². The molecule has 0 aromatic rings. The van der Waals surface area contributed by atoms with Crippen LogP contribution in [0.2, 0.25) is 0 Å². The monoisotopic (exact) mass is 175 g/mol. The second-order valence-corrected chi connectivity index (χ2v) is 2.09. The van der Waals surface area contributed by atoms with E-state index in [2.05, 4.69) is 9.47 Å². The normalized spacial score (nSPS) is 8.92. The number of ether oxygens (including phenoxy) is 2. The maximum Gasteiger partial charge on any atom is 0.419 e. The number of carbonyl (C=O) groups is 2. The van der Waals surface area contributed by atoms with Crippen LogP contribution in [-0.2, 0) is 9.47 Å². The van der Waals surface area contributed by atoms with Crippen molar-refractivity contribution >= 4 is 12.2 Å². The second-order valence-electron chi connectivity index (χ2n) is 2.09. The number of amides is 2. The molecule has 0 aromatic carbocycles. The van der Waals surface area contributed by atoms with Gasteiger partial charge in [-0.25, -0.2) is 14.5 Å². The van der Waals surface area contributed by atoms with Gasteiger partial charge in [0.05, 0.1) is 14.2 Å². The van der Waals surface area contributed by atoms with Crippen LogP contribution in [0.15, 0.2) is 0 Å². The maximum atomic E-state index is 10.9. The second kappa shape index (κ2) is 5.40. The fourth-order valence-electron chi connectivity index (χ4n) is 0.701. The van der Waals surface area contributed by atoms with Gasteiger partial charge in [0.25, 0.3) is 0 Å². The van der Waals surface area contributed by atoms with E-state index in [-0.39, 0.29) is 0 Å². The molecule has 0 atom stereocenters. The third kappa shape index (κ3) is 2.77. The van der Waals surface area contributed by atoms with Crippen molar-refractivity contribution in [1.29, 1.82) is 0 Å². The summed E-state index contributed by atoms with van der Waals surface area (Å²) in [5, 5.41) is 0. The number of methoxy groups -OCH3 is 2. The first kappa shape index (κ1) is 10.7. The van der Waals surface area contributed by atoms with Gasteiger partial charge in [0.2, 0.25) is 0 Å². The van der Waals surface area contributed by atoms with Crippen LogP contribution in [0.3, 0.4) is 0 Å². The van der Waals surface area contributed by atoms with Crippen molar-refractivity contribution in [3.05, 3.63) is 0 Å². The standard InChI is InChI=1S/C7H13NO4/c1-4-5-8(6(9)11-2)7(10)12-3/h4-5H2,1-3H3. The zero-order chi connectivity index (χ0) is 9.56. The van der Waals surface area contributed by atoms with E-state index < -0.39 is 12.2 Å². The minimum atomic E-state index is -0.691. The molecule has 0 bridgehead atoms. The van der Waals surface area contributed by atoms with E-state index in [1.807, 2.05) is 6.92 Å². The molecule has 0 aliphatic carbocycles. The summed E-state index contributed by atoms with van der Waals surface area (Å²) in [5.74, 6) is 0. The van der Waals surface area contributed by atoms with E-state index >= 15 is 0 Å². The third-order valence-electron chi connectivity index (χ3n) is 1.24.